The summed E-state index contributed by atoms with van der Waals surface area (Å²) in [6, 6.07) is 0.486. The van der Waals surface area contributed by atoms with Gasteiger partial charge in [0.15, 0.2) is 0 Å². The zero-order valence-corrected chi connectivity index (χ0v) is 16.8. The topological polar surface area (TPSA) is 58.2 Å². The fourth-order valence-corrected chi connectivity index (χ4v) is 5.13. The van der Waals surface area contributed by atoms with Crippen LogP contribution in [0.2, 0.25) is 0 Å². The van der Waals surface area contributed by atoms with E-state index in [-0.39, 0.29) is 35.7 Å². The third-order valence-electron chi connectivity index (χ3n) is 7.14. The van der Waals surface area contributed by atoms with E-state index in [4.69, 9.17) is 0 Å². The Morgan fingerprint density at radius 3 is 1.38 bits per heavy atom. The predicted molar refractivity (Wildman–Crippen MR) is 105 cm³/mol. The van der Waals surface area contributed by atoms with Crippen LogP contribution >= 0.6 is 0 Å². The lowest BCUT2D eigenvalue weighted by molar-refractivity contribution is -0.127. The molecule has 148 valence electrons. The van der Waals surface area contributed by atoms with E-state index in [1.165, 1.54) is 25.7 Å². The van der Waals surface area contributed by atoms with E-state index in [1.807, 2.05) is 0 Å². The summed E-state index contributed by atoms with van der Waals surface area (Å²) in [7, 11) is 0. The van der Waals surface area contributed by atoms with Gasteiger partial charge < -0.3 is 10.6 Å². The second-order valence-corrected chi connectivity index (χ2v) is 9.49. The maximum atomic E-state index is 12.6. The Kier molecular flexibility index (Phi) is 6.99. The van der Waals surface area contributed by atoms with Gasteiger partial charge in [0, 0.05) is 23.9 Å². The van der Waals surface area contributed by atoms with Crippen molar-refractivity contribution in [2.24, 2.45) is 23.7 Å². The zero-order chi connectivity index (χ0) is 18.5. The Morgan fingerprint density at radius 1 is 0.615 bits per heavy atom. The van der Waals surface area contributed by atoms with E-state index in [0.717, 1.165) is 63.2 Å². The van der Waals surface area contributed by atoms with Crippen LogP contribution in [0.4, 0.5) is 0 Å². The van der Waals surface area contributed by atoms with Gasteiger partial charge in [-0.3, -0.25) is 9.59 Å². The van der Waals surface area contributed by atoms with Gasteiger partial charge in [-0.1, -0.05) is 13.8 Å². The van der Waals surface area contributed by atoms with Crippen molar-refractivity contribution in [2.75, 3.05) is 0 Å². The van der Waals surface area contributed by atoms with Crippen LogP contribution in [0.15, 0.2) is 0 Å². The molecule has 3 aliphatic carbocycles. The summed E-state index contributed by atoms with van der Waals surface area (Å²) in [5.41, 5.74) is 0. The van der Waals surface area contributed by atoms with Crippen molar-refractivity contribution >= 4 is 11.8 Å². The monoisotopic (exact) mass is 362 g/mol. The summed E-state index contributed by atoms with van der Waals surface area (Å²) in [5.74, 6) is 2.49. The van der Waals surface area contributed by atoms with Crippen molar-refractivity contribution in [1.82, 2.24) is 10.6 Å². The molecule has 0 radical (unpaired) electrons. The molecule has 3 aliphatic rings. The lowest BCUT2D eigenvalue weighted by Gasteiger charge is -2.34. The Labute approximate surface area is 159 Å². The lowest BCUT2D eigenvalue weighted by Crippen LogP contribution is -2.48. The normalized spacial score (nSPS) is 38.4. The van der Waals surface area contributed by atoms with Gasteiger partial charge in [0.25, 0.3) is 0 Å². The van der Waals surface area contributed by atoms with Crippen LogP contribution in [0, 0.1) is 23.7 Å². The van der Waals surface area contributed by atoms with Crippen molar-refractivity contribution in [3.05, 3.63) is 0 Å². The van der Waals surface area contributed by atoms with Crippen LogP contribution in [-0.4, -0.2) is 23.9 Å². The second-order valence-electron chi connectivity index (χ2n) is 9.49. The quantitative estimate of drug-likeness (QED) is 0.788. The highest BCUT2D eigenvalue weighted by molar-refractivity contribution is 5.79. The molecule has 2 unspecified atom stereocenters. The van der Waals surface area contributed by atoms with E-state index >= 15 is 0 Å². The number of nitrogens with one attached hydrogen (secondary N) is 2. The van der Waals surface area contributed by atoms with Crippen molar-refractivity contribution in [2.45, 2.75) is 103 Å². The average molecular weight is 363 g/mol. The molecule has 3 saturated carbocycles. The summed E-state index contributed by atoms with van der Waals surface area (Å²) in [4.78, 5) is 25.2. The van der Waals surface area contributed by atoms with Gasteiger partial charge in [-0.25, -0.2) is 0 Å². The smallest absolute Gasteiger partial charge is 0.223 e. The second kappa shape index (κ2) is 9.23. The highest BCUT2D eigenvalue weighted by Crippen LogP contribution is 2.30. The number of hydrogen-bond donors (Lipinski definition) is 2. The first-order chi connectivity index (χ1) is 12.5. The molecule has 0 aromatic carbocycles. The number of carbonyl (C=O) groups excluding carboxylic acids is 2. The fraction of sp³-hybridized carbons (Fsp3) is 0.909. The van der Waals surface area contributed by atoms with E-state index in [0.29, 0.717) is 0 Å². The Morgan fingerprint density at radius 2 is 1.00 bits per heavy atom. The number of rotatable bonds is 4. The first kappa shape index (κ1) is 19.7. The van der Waals surface area contributed by atoms with E-state index in [1.54, 1.807) is 0 Å². The molecular weight excluding hydrogens is 324 g/mol. The van der Waals surface area contributed by atoms with Crippen LogP contribution in [-0.2, 0) is 9.59 Å². The Hall–Kier alpha value is -1.06. The minimum Gasteiger partial charge on any atom is -0.353 e. The highest BCUT2D eigenvalue weighted by atomic mass is 16.2. The molecule has 0 heterocycles. The van der Waals surface area contributed by atoms with Gasteiger partial charge in [0.05, 0.1) is 0 Å². The van der Waals surface area contributed by atoms with Gasteiger partial charge in [-0.15, -0.1) is 0 Å². The van der Waals surface area contributed by atoms with Crippen molar-refractivity contribution < 1.29 is 9.59 Å². The Bertz CT molecular complexity index is 435. The molecule has 2 amide bonds. The summed E-state index contributed by atoms with van der Waals surface area (Å²) < 4.78 is 0. The van der Waals surface area contributed by atoms with Crippen molar-refractivity contribution in [3.8, 4) is 0 Å². The molecule has 2 atom stereocenters. The molecule has 2 N–H and O–H groups in total. The molecule has 0 aromatic heterocycles. The van der Waals surface area contributed by atoms with Gasteiger partial charge >= 0.3 is 0 Å². The molecule has 3 fully saturated rings. The molecule has 4 heteroatoms. The predicted octanol–water partition coefficient (Wildman–Crippen LogP) is 4.18. The zero-order valence-electron chi connectivity index (χ0n) is 16.8. The molecule has 0 bridgehead atoms. The Balaban J connectivity index is 1.42. The molecule has 4 nitrogen and oxygen atoms in total. The van der Waals surface area contributed by atoms with Gasteiger partial charge in [0.2, 0.25) is 11.8 Å². The first-order valence-corrected chi connectivity index (χ1v) is 11.1. The standard InChI is InChI=1S/C22H38N2O2/c1-15-6-10-17(11-7-15)21(25)23-19-4-3-5-20(14-19)24-22(26)18-12-8-16(2)9-13-18/h15-20H,3-14H2,1-2H3,(H,23,25)(H,24,26). The van der Waals surface area contributed by atoms with Crippen molar-refractivity contribution in [1.29, 1.82) is 0 Å². The number of amides is 2. The van der Waals surface area contributed by atoms with Gasteiger partial charge in [0.1, 0.15) is 0 Å². The van der Waals surface area contributed by atoms with Gasteiger partial charge in [-0.05, 0) is 88.9 Å². The third kappa shape index (κ3) is 5.47. The van der Waals surface area contributed by atoms with E-state index in [2.05, 4.69) is 24.5 Å². The van der Waals surface area contributed by atoms with Gasteiger partial charge in [-0.2, -0.15) is 0 Å². The number of hydrogen-bond acceptors (Lipinski definition) is 2. The summed E-state index contributed by atoms with van der Waals surface area (Å²) in [6.07, 6.45) is 13.0. The molecule has 26 heavy (non-hydrogen) atoms. The van der Waals surface area contributed by atoms with Crippen LogP contribution in [0.3, 0.4) is 0 Å². The van der Waals surface area contributed by atoms with Crippen LogP contribution in [0.1, 0.15) is 90.9 Å². The SMILES string of the molecule is CC1CCC(C(=O)NC2CCCC(NC(=O)C3CCC(C)CC3)C2)CC1. The molecule has 0 aliphatic heterocycles. The maximum absolute atomic E-state index is 12.6. The minimum absolute atomic E-state index is 0.213. The summed E-state index contributed by atoms with van der Waals surface area (Å²) in [5, 5.41) is 6.60. The number of carbonyl (C=O) groups is 2. The first-order valence-electron chi connectivity index (χ1n) is 11.1. The maximum Gasteiger partial charge on any atom is 0.223 e. The third-order valence-corrected chi connectivity index (χ3v) is 7.14. The fourth-order valence-electron chi connectivity index (χ4n) is 5.13. The average Bonchev–Trinajstić information content (AvgIpc) is 2.63. The minimum atomic E-state index is 0.213. The molecular formula is C22H38N2O2. The van der Waals surface area contributed by atoms with Crippen LogP contribution in [0.25, 0.3) is 0 Å². The molecule has 3 rings (SSSR count). The lowest BCUT2D eigenvalue weighted by atomic mass is 9.81. The van der Waals surface area contributed by atoms with Crippen LogP contribution in [0.5, 0.6) is 0 Å². The largest absolute Gasteiger partial charge is 0.353 e. The van der Waals surface area contributed by atoms with E-state index < -0.39 is 0 Å². The molecule has 0 saturated heterocycles. The van der Waals surface area contributed by atoms with Crippen molar-refractivity contribution in [3.63, 3.8) is 0 Å². The summed E-state index contributed by atoms with van der Waals surface area (Å²) in [6.45, 7) is 4.57. The highest BCUT2D eigenvalue weighted by Gasteiger charge is 2.31. The molecule has 0 aromatic rings. The molecule has 0 spiro atoms. The van der Waals surface area contributed by atoms with Crippen LogP contribution < -0.4 is 10.6 Å². The summed E-state index contributed by atoms with van der Waals surface area (Å²) >= 11 is 0. The van der Waals surface area contributed by atoms with E-state index in [9.17, 15) is 9.59 Å².